The van der Waals surface area contributed by atoms with Crippen molar-refractivity contribution in [3.05, 3.63) is 65.2 Å². The molecule has 0 unspecified atom stereocenters. The molecule has 0 aliphatic heterocycles. The van der Waals surface area contributed by atoms with Crippen LogP contribution in [0.2, 0.25) is 5.02 Å². The average molecular weight is 324 g/mol. The van der Waals surface area contributed by atoms with E-state index in [4.69, 9.17) is 11.6 Å². The summed E-state index contributed by atoms with van der Waals surface area (Å²) in [6.07, 6.45) is 2.88. The first-order chi connectivity index (χ1) is 10.5. The summed E-state index contributed by atoms with van der Waals surface area (Å²) in [6, 6.07) is 12.9. The Balaban J connectivity index is 2.04. The van der Waals surface area contributed by atoms with Crippen LogP contribution in [0.5, 0.6) is 5.75 Å². The van der Waals surface area contributed by atoms with Crippen LogP contribution in [0, 0.1) is 0 Å². The van der Waals surface area contributed by atoms with Crippen molar-refractivity contribution in [2.24, 2.45) is 0 Å². The van der Waals surface area contributed by atoms with E-state index in [1.54, 1.807) is 36.4 Å². The lowest BCUT2D eigenvalue weighted by Gasteiger charge is -2.10. The van der Waals surface area contributed by atoms with Crippen molar-refractivity contribution in [3.8, 4) is 5.75 Å². The first-order valence-electron chi connectivity index (χ1n) is 6.33. The van der Waals surface area contributed by atoms with E-state index in [2.05, 4.69) is 10.1 Å². The summed E-state index contributed by atoms with van der Waals surface area (Å²) in [7, 11) is 0. The zero-order valence-corrected chi connectivity index (χ0v) is 12.1. The summed E-state index contributed by atoms with van der Waals surface area (Å²) in [6.45, 7) is -2.96. The number of ether oxygens (including phenoxy) is 1. The first kappa shape index (κ1) is 16.0. The maximum atomic E-state index is 12.3. The quantitative estimate of drug-likeness (QED) is 0.817. The number of hydrogen-bond donors (Lipinski definition) is 1. The number of benzene rings is 2. The maximum absolute atomic E-state index is 12.3. The van der Waals surface area contributed by atoms with E-state index in [1.165, 1.54) is 24.3 Å². The maximum Gasteiger partial charge on any atom is 0.387 e. The second-order valence-electron chi connectivity index (χ2n) is 4.25. The fourth-order valence-corrected chi connectivity index (χ4v) is 1.81. The molecule has 0 heterocycles. The number of anilines is 1. The molecule has 0 bridgehead atoms. The lowest BCUT2D eigenvalue weighted by Crippen LogP contribution is -2.11. The Morgan fingerprint density at radius 2 is 1.82 bits per heavy atom. The summed E-state index contributed by atoms with van der Waals surface area (Å²) >= 11 is 5.76. The number of hydrogen-bond acceptors (Lipinski definition) is 2. The molecular weight excluding hydrogens is 312 g/mol. The van der Waals surface area contributed by atoms with Gasteiger partial charge in [0.05, 0.1) is 5.69 Å². The molecule has 3 nitrogen and oxygen atoms in total. The number of carbonyl (C=O) groups is 1. The highest BCUT2D eigenvalue weighted by molar-refractivity contribution is 6.30. The van der Waals surface area contributed by atoms with Gasteiger partial charge in [-0.3, -0.25) is 4.79 Å². The smallest absolute Gasteiger partial charge is 0.387 e. The molecule has 2 aromatic rings. The van der Waals surface area contributed by atoms with Crippen molar-refractivity contribution >= 4 is 29.3 Å². The number of halogens is 3. The molecule has 1 N–H and O–H groups in total. The Morgan fingerprint density at radius 1 is 1.14 bits per heavy atom. The zero-order valence-electron chi connectivity index (χ0n) is 11.3. The van der Waals surface area contributed by atoms with Gasteiger partial charge < -0.3 is 10.1 Å². The predicted molar refractivity (Wildman–Crippen MR) is 82.2 cm³/mol. The van der Waals surface area contributed by atoms with Crippen LogP contribution < -0.4 is 10.1 Å². The van der Waals surface area contributed by atoms with Crippen LogP contribution in [0.4, 0.5) is 14.5 Å². The van der Waals surface area contributed by atoms with Crippen LogP contribution >= 0.6 is 11.6 Å². The number of carbonyl (C=O) groups excluding carboxylic acids is 1. The van der Waals surface area contributed by atoms with Gasteiger partial charge in [0.1, 0.15) is 5.75 Å². The van der Waals surface area contributed by atoms with Gasteiger partial charge in [-0.15, -0.1) is 0 Å². The Labute approximate surface area is 131 Å². The summed E-state index contributed by atoms with van der Waals surface area (Å²) in [5.74, 6) is -0.550. The minimum absolute atomic E-state index is 0.0919. The Morgan fingerprint density at radius 3 is 2.50 bits per heavy atom. The van der Waals surface area contributed by atoms with Gasteiger partial charge in [0.2, 0.25) is 5.91 Å². The molecule has 22 heavy (non-hydrogen) atoms. The molecule has 6 heteroatoms. The molecular formula is C16H12ClF2NO2. The van der Waals surface area contributed by atoms with Gasteiger partial charge in [-0.05, 0) is 35.9 Å². The Hall–Kier alpha value is -2.40. The monoisotopic (exact) mass is 323 g/mol. The molecule has 0 aliphatic carbocycles. The summed E-state index contributed by atoms with van der Waals surface area (Å²) in [5, 5.41) is 3.08. The minimum Gasteiger partial charge on any atom is -0.433 e. The molecule has 114 valence electrons. The van der Waals surface area contributed by atoms with Crippen molar-refractivity contribution in [1.82, 2.24) is 0 Å². The van der Waals surface area contributed by atoms with Crippen molar-refractivity contribution in [2.45, 2.75) is 6.61 Å². The lowest BCUT2D eigenvalue weighted by atomic mass is 10.2. The lowest BCUT2D eigenvalue weighted by molar-refractivity contribution is -0.111. The molecule has 1 amide bonds. The Bertz CT molecular complexity index is 672. The fraction of sp³-hybridized carbons (Fsp3) is 0.0625. The van der Waals surface area contributed by atoms with Crippen molar-refractivity contribution in [3.63, 3.8) is 0 Å². The second kappa shape index (κ2) is 7.56. The molecule has 0 aliphatic rings. The van der Waals surface area contributed by atoms with Crippen LogP contribution in [0.3, 0.4) is 0 Å². The number of nitrogens with one attached hydrogen (secondary N) is 1. The number of alkyl halides is 2. The number of amides is 1. The molecule has 0 radical (unpaired) electrons. The second-order valence-corrected chi connectivity index (χ2v) is 4.69. The van der Waals surface area contributed by atoms with E-state index in [-0.39, 0.29) is 11.4 Å². The zero-order chi connectivity index (χ0) is 15.9. The Kier molecular flexibility index (Phi) is 5.49. The van der Waals surface area contributed by atoms with Gasteiger partial charge in [-0.2, -0.15) is 8.78 Å². The molecule has 0 atom stereocenters. The van der Waals surface area contributed by atoms with Crippen molar-refractivity contribution in [1.29, 1.82) is 0 Å². The SMILES string of the molecule is O=C(/C=C/c1ccc(Cl)cc1)Nc1ccccc1OC(F)F. The van der Waals surface area contributed by atoms with Crippen LogP contribution in [0.15, 0.2) is 54.6 Å². The van der Waals surface area contributed by atoms with E-state index in [1.807, 2.05) is 0 Å². The fourth-order valence-electron chi connectivity index (χ4n) is 1.69. The van der Waals surface area contributed by atoms with Gasteiger partial charge in [-0.25, -0.2) is 0 Å². The van der Waals surface area contributed by atoms with Crippen LogP contribution in [-0.4, -0.2) is 12.5 Å². The third kappa shape index (κ3) is 4.86. The molecule has 0 aromatic heterocycles. The summed E-state index contributed by atoms with van der Waals surface area (Å²) in [5.41, 5.74) is 0.963. The highest BCUT2D eigenvalue weighted by atomic mass is 35.5. The molecule has 0 spiro atoms. The first-order valence-corrected chi connectivity index (χ1v) is 6.71. The van der Waals surface area contributed by atoms with E-state index >= 15 is 0 Å². The summed E-state index contributed by atoms with van der Waals surface area (Å²) < 4.78 is 28.9. The molecule has 2 aromatic carbocycles. The number of rotatable bonds is 5. The molecule has 0 fully saturated rings. The van der Waals surface area contributed by atoms with Gasteiger partial charge >= 0.3 is 6.61 Å². The topological polar surface area (TPSA) is 38.3 Å². The van der Waals surface area contributed by atoms with Crippen LogP contribution in [-0.2, 0) is 4.79 Å². The van der Waals surface area contributed by atoms with Gasteiger partial charge in [0.15, 0.2) is 0 Å². The standard InChI is InChI=1S/C16H12ClF2NO2/c17-12-8-5-11(6-9-12)7-10-15(21)20-13-3-1-2-4-14(13)22-16(18)19/h1-10,16H,(H,20,21)/b10-7+. The third-order valence-electron chi connectivity index (χ3n) is 2.66. The predicted octanol–water partition coefficient (Wildman–Crippen LogP) is 4.59. The molecule has 2 rings (SSSR count). The molecule has 0 saturated carbocycles. The highest BCUT2D eigenvalue weighted by Gasteiger charge is 2.10. The van der Waals surface area contributed by atoms with E-state index in [0.29, 0.717) is 5.02 Å². The average Bonchev–Trinajstić information content (AvgIpc) is 2.48. The van der Waals surface area contributed by atoms with Crippen molar-refractivity contribution < 1.29 is 18.3 Å². The van der Waals surface area contributed by atoms with Crippen LogP contribution in [0.1, 0.15) is 5.56 Å². The van der Waals surface area contributed by atoms with Crippen LogP contribution in [0.25, 0.3) is 6.08 Å². The number of para-hydroxylation sites is 2. The van der Waals surface area contributed by atoms with Gasteiger partial charge in [0, 0.05) is 11.1 Å². The normalized spacial score (nSPS) is 10.9. The van der Waals surface area contributed by atoms with Gasteiger partial charge in [-0.1, -0.05) is 35.9 Å². The highest BCUT2D eigenvalue weighted by Crippen LogP contribution is 2.25. The largest absolute Gasteiger partial charge is 0.433 e. The van der Waals surface area contributed by atoms with Gasteiger partial charge in [0.25, 0.3) is 0 Å². The van der Waals surface area contributed by atoms with Crippen molar-refractivity contribution in [2.75, 3.05) is 5.32 Å². The van der Waals surface area contributed by atoms with E-state index < -0.39 is 12.5 Å². The van der Waals surface area contributed by atoms with E-state index in [9.17, 15) is 13.6 Å². The third-order valence-corrected chi connectivity index (χ3v) is 2.91. The minimum atomic E-state index is -2.96. The van der Waals surface area contributed by atoms with E-state index in [0.717, 1.165) is 5.56 Å². The molecule has 0 saturated heterocycles. The summed E-state index contributed by atoms with van der Waals surface area (Å²) in [4.78, 5) is 11.8.